The van der Waals surface area contributed by atoms with Crippen molar-refractivity contribution in [2.75, 3.05) is 5.32 Å². The fourth-order valence-electron chi connectivity index (χ4n) is 1.92. The maximum Gasteiger partial charge on any atom is 0.446 e. The first-order valence-electron chi connectivity index (χ1n) is 6.59. The molecule has 2 rings (SSSR count). The lowest BCUT2D eigenvalue weighted by Crippen LogP contribution is -2.07. The van der Waals surface area contributed by atoms with Gasteiger partial charge < -0.3 is 5.32 Å². The second-order valence-corrected chi connectivity index (χ2v) is 6.87. The van der Waals surface area contributed by atoms with Crippen molar-refractivity contribution in [3.63, 3.8) is 0 Å². The van der Waals surface area contributed by atoms with Crippen molar-refractivity contribution in [1.29, 1.82) is 0 Å². The lowest BCUT2D eigenvalue weighted by atomic mass is 10.2. The van der Waals surface area contributed by atoms with E-state index >= 15 is 0 Å². The van der Waals surface area contributed by atoms with Gasteiger partial charge in [-0.3, -0.25) is 0 Å². The van der Waals surface area contributed by atoms with Crippen LogP contribution in [0.4, 0.5) is 18.9 Å². The second-order valence-electron chi connectivity index (χ2n) is 4.57. The Morgan fingerprint density at radius 2 is 1.90 bits per heavy atom. The minimum Gasteiger partial charge on any atom is -0.377 e. The highest BCUT2D eigenvalue weighted by atomic mass is 32.2. The zero-order valence-electron chi connectivity index (χ0n) is 11.7. The number of alkyl halides is 3. The van der Waals surface area contributed by atoms with E-state index in [1.54, 1.807) is 29.5 Å². The molecule has 1 atom stereocenters. The first kappa shape index (κ1) is 16.2. The molecular formula is C15H16F3NS2. The molecule has 0 saturated carbocycles. The van der Waals surface area contributed by atoms with Gasteiger partial charge in [-0.2, -0.15) is 13.2 Å². The van der Waals surface area contributed by atoms with Crippen LogP contribution in [0.3, 0.4) is 0 Å². The van der Waals surface area contributed by atoms with Gasteiger partial charge in [0.25, 0.3) is 0 Å². The van der Waals surface area contributed by atoms with E-state index < -0.39 is 5.51 Å². The van der Waals surface area contributed by atoms with Gasteiger partial charge in [0.05, 0.1) is 6.04 Å². The topological polar surface area (TPSA) is 12.0 Å². The highest BCUT2D eigenvalue weighted by Gasteiger charge is 2.30. The minimum absolute atomic E-state index is 0.0229. The van der Waals surface area contributed by atoms with Crippen LogP contribution < -0.4 is 5.32 Å². The summed E-state index contributed by atoms with van der Waals surface area (Å²) >= 11 is 1.60. The highest BCUT2D eigenvalue weighted by Crippen LogP contribution is 2.41. The minimum atomic E-state index is -4.28. The predicted octanol–water partition coefficient (Wildman–Crippen LogP) is 6.10. The molecule has 1 heterocycles. The Kier molecular flexibility index (Phi) is 5.22. The van der Waals surface area contributed by atoms with Crippen LogP contribution in [0, 0.1) is 0 Å². The first-order chi connectivity index (χ1) is 9.89. The van der Waals surface area contributed by atoms with E-state index in [1.807, 2.05) is 13.0 Å². The molecule has 1 nitrogen and oxygen atoms in total. The summed E-state index contributed by atoms with van der Waals surface area (Å²) in [5.41, 5.74) is -3.77. The summed E-state index contributed by atoms with van der Waals surface area (Å²) in [4.78, 5) is 2.60. The summed E-state index contributed by atoms with van der Waals surface area (Å²) in [7, 11) is 0. The Morgan fingerprint density at radius 1 is 1.19 bits per heavy atom. The number of thioether (sulfide) groups is 1. The first-order valence-corrected chi connectivity index (χ1v) is 8.22. The van der Waals surface area contributed by atoms with Crippen molar-refractivity contribution in [1.82, 2.24) is 0 Å². The molecule has 21 heavy (non-hydrogen) atoms. The molecule has 1 aromatic heterocycles. The molecule has 1 unspecified atom stereocenters. The number of aryl methyl sites for hydroxylation is 1. The van der Waals surface area contributed by atoms with E-state index in [0.29, 0.717) is 5.69 Å². The zero-order chi connectivity index (χ0) is 15.5. The molecule has 2 aromatic rings. The van der Waals surface area contributed by atoms with Gasteiger partial charge >= 0.3 is 5.51 Å². The second kappa shape index (κ2) is 6.75. The van der Waals surface area contributed by atoms with Crippen LogP contribution in [-0.2, 0) is 6.42 Å². The Morgan fingerprint density at radius 3 is 2.52 bits per heavy atom. The van der Waals surface area contributed by atoms with Crippen molar-refractivity contribution >= 4 is 28.8 Å². The molecule has 114 valence electrons. The van der Waals surface area contributed by atoms with Gasteiger partial charge in [0, 0.05) is 20.3 Å². The van der Waals surface area contributed by atoms with Gasteiger partial charge in [-0.25, -0.2) is 0 Å². The van der Waals surface area contributed by atoms with E-state index in [4.69, 9.17) is 0 Å². The summed E-state index contributed by atoms with van der Waals surface area (Å²) in [6.07, 6.45) is 0.970. The van der Waals surface area contributed by atoms with Gasteiger partial charge in [-0.05, 0) is 49.4 Å². The maximum absolute atomic E-state index is 12.6. The number of anilines is 1. The van der Waals surface area contributed by atoms with Crippen LogP contribution in [0.15, 0.2) is 41.3 Å². The Balaban J connectivity index is 2.15. The largest absolute Gasteiger partial charge is 0.446 e. The number of halogens is 3. The fraction of sp³-hybridized carbons (Fsp3) is 0.333. The molecule has 0 aliphatic heterocycles. The third kappa shape index (κ3) is 4.68. The number of hydrogen-bond donors (Lipinski definition) is 1. The lowest BCUT2D eigenvalue weighted by Gasteiger charge is -2.17. The predicted molar refractivity (Wildman–Crippen MR) is 84.1 cm³/mol. The van der Waals surface area contributed by atoms with Crippen LogP contribution in [0.25, 0.3) is 0 Å². The summed E-state index contributed by atoms with van der Waals surface area (Å²) in [5.74, 6) is 0. The van der Waals surface area contributed by atoms with Crippen LogP contribution in [0.2, 0.25) is 0 Å². The Labute approximate surface area is 130 Å². The number of rotatable bonds is 5. The molecule has 6 heteroatoms. The van der Waals surface area contributed by atoms with Crippen molar-refractivity contribution in [2.45, 2.75) is 36.7 Å². The third-order valence-corrected chi connectivity index (χ3v) is 5.16. The van der Waals surface area contributed by atoms with Gasteiger partial charge in [0.1, 0.15) is 0 Å². The number of thiophene rings is 1. The quantitative estimate of drug-likeness (QED) is 0.665. The molecule has 1 aromatic carbocycles. The summed E-state index contributed by atoms with van der Waals surface area (Å²) in [6.45, 7) is 4.04. The van der Waals surface area contributed by atoms with Gasteiger partial charge in [-0.1, -0.05) is 19.1 Å². The zero-order valence-corrected chi connectivity index (χ0v) is 13.3. The van der Waals surface area contributed by atoms with Gasteiger partial charge in [0.15, 0.2) is 0 Å². The monoisotopic (exact) mass is 331 g/mol. The maximum atomic E-state index is 12.6. The smallest absolute Gasteiger partial charge is 0.377 e. The molecule has 0 aliphatic rings. The fourth-order valence-corrected chi connectivity index (χ4v) is 3.51. The molecular weight excluding hydrogens is 315 g/mol. The average molecular weight is 331 g/mol. The molecule has 0 radical (unpaired) electrons. The van der Waals surface area contributed by atoms with Crippen LogP contribution in [-0.4, -0.2) is 5.51 Å². The van der Waals surface area contributed by atoms with E-state index in [1.165, 1.54) is 10.9 Å². The van der Waals surface area contributed by atoms with Crippen molar-refractivity contribution < 1.29 is 13.2 Å². The lowest BCUT2D eigenvalue weighted by molar-refractivity contribution is -0.0327. The van der Waals surface area contributed by atoms with Crippen LogP contribution >= 0.6 is 23.1 Å². The molecule has 0 amide bonds. The number of nitrogens with one attached hydrogen (secondary N) is 1. The summed E-state index contributed by atoms with van der Waals surface area (Å²) in [6, 6.07) is 10.6. The standard InChI is InChI=1S/C15H16F3NS2/c1-3-11-8-9-13(20-11)10(2)19-12-6-4-5-7-14(12)21-15(16,17)18/h4-10,19H,3H2,1-2H3. The van der Waals surface area contributed by atoms with E-state index in [-0.39, 0.29) is 22.7 Å². The number of benzene rings is 1. The normalized spacial score (nSPS) is 13.2. The molecule has 0 saturated heterocycles. The van der Waals surface area contributed by atoms with E-state index in [0.717, 1.165) is 11.3 Å². The third-order valence-electron chi connectivity index (χ3n) is 2.94. The molecule has 0 spiro atoms. The average Bonchev–Trinajstić information content (AvgIpc) is 2.88. The molecule has 1 N–H and O–H groups in total. The Hall–Kier alpha value is -1.14. The number of para-hydroxylation sites is 1. The molecule has 0 fully saturated rings. The van der Waals surface area contributed by atoms with Crippen molar-refractivity contribution in [2.24, 2.45) is 0 Å². The van der Waals surface area contributed by atoms with Gasteiger partial charge in [-0.15, -0.1) is 11.3 Å². The van der Waals surface area contributed by atoms with Crippen molar-refractivity contribution in [3.05, 3.63) is 46.2 Å². The summed E-state index contributed by atoms with van der Waals surface area (Å²) in [5, 5.41) is 3.18. The van der Waals surface area contributed by atoms with Crippen LogP contribution in [0.5, 0.6) is 0 Å². The van der Waals surface area contributed by atoms with E-state index in [9.17, 15) is 13.2 Å². The highest BCUT2D eigenvalue weighted by molar-refractivity contribution is 8.00. The molecule has 0 aliphatic carbocycles. The van der Waals surface area contributed by atoms with E-state index in [2.05, 4.69) is 18.3 Å². The Bertz CT molecular complexity index is 593. The van der Waals surface area contributed by atoms with Crippen molar-refractivity contribution in [3.8, 4) is 0 Å². The summed E-state index contributed by atoms with van der Waals surface area (Å²) < 4.78 is 37.7. The molecule has 0 bridgehead atoms. The SMILES string of the molecule is CCc1ccc(C(C)Nc2ccccc2SC(F)(F)F)s1. The number of hydrogen-bond acceptors (Lipinski definition) is 3. The van der Waals surface area contributed by atoms with Crippen LogP contribution in [0.1, 0.15) is 29.6 Å². The van der Waals surface area contributed by atoms with Gasteiger partial charge in [0.2, 0.25) is 0 Å².